The van der Waals surface area contributed by atoms with Crippen LogP contribution in [-0.4, -0.2) is 18.1 Å². The minimum absolute atomic E-state index is 0.790. The second-order valence-corrected chi connectivity index (χ2v) is 4.00. The van der Waals surface area contributed by atoms with Crippen molar-refractivity contribution in [1.82, 2.24) is 10.3 Å². The largest absolute Gasteiger partial charge is 0.330 e. The van der Waals surface area contributed by atoms with Gasteiger partial charge in [-0.15, -0.1) is 11.3 Å². The average molecular weight is 199 g/mol. The summed E-state index contributed by atoms with van der Waals surface area (Å²) in [6, 6.07) is 0. The number of nitrogens with zero attached hydrogens (tertiary/aromatic N) is 1. The van der Waals surface area contributed by atoms with Crippen molar-refractivity contribution in [1.29, 1.82) is 0 Å². The lowest BCUT2D eigenvalue weighted by atomic mass is 10.3. The number of unbranched alkanes of at least 4 members (excludes halogenated alkanes) is 1. The lowest BCUT2D eigenvalue weighted by Crippen LogP contribution is -2.15. The zero-order valence-corrected chi connectivity index (χ0v) is 8.86. The van der Waals surface area contributed by atoms with Gasteiger partial charge >= 0.3 is 0 Å². The molecule has 0 aliphatic rings. The summed E-state index contributed by atoms with van der Waals surface area (Å²) in [5.74, 6) is 0. The van der Waals surface area contributed by atoms with Gasteiger partial charge in [0.25, 0.3) is 0 Å². The fourth-order valence-electron chi connectivity index (χ4n) is 1.07. The molecule has 0 spiro atoms. The van der Waals surface area contributed by atoms with E-state index in [-0.39, 0.29) is 0 Å². The highest BCUT2D eigenvalue weighted by molar-refractivity contribution is 7.09. The van der Waals surface area contributed by atoms with Crippen LogP contribution in [-0.2, 0) is 6.54 Å². The molecule has 3 N–H and O–H groups in total. The van der Waals surface area contributed by atoms with Crippen molar-refractivity contribution in [3.8, 4) is 0 Å². The van der Waals surface area contributed by atoms with Gasteiger partial charge in [-0.1, -0.05) is 0 Å². The molecule has 4 heteroatoms. The van der Waals surface area contributed by atoms with Crippen LogP contribution in [0.2, 0.25) is 0 Å². The summed E-state index contributed by atoms with van der Waals surface area (Å²) in [5, 5.41) is 6.59. The summed E-state index contributed by atoms with van der Waals surface area (Å²) in [6.45, 7) is 4.74. The van der Waals surface area contributed by atoms with Crippen molar-refractivity contribution in [3.63, 3.8) is 0 Å². The first kappa shape index (κ1) is 10.6. The van der Waals surface area contributed by atoms with Crippen molar-refractivity contribution in [2.75, 3.05) is 13.1 Å². The Morgan fingerprint density at radius 3 is 3.00 bits per heavy atom. The Hall–Kier alpha value is -0.450. The minimum Gasteiger partial charge on any atom is -0.330 e. The predicted octanol–water partition coefficient (Wildman–Crippen LogP) is 1.28. The van der Waals surface area contributed by atoms with Gasteiger partial charge in [0.2, 0.25) is 0 Å². The van der Waals surface area contributed by atoms with E-state index < -0.39 is 0 Å². The highest BCUT2D eigenvalue weighted by atomic mass is 32.1. The van der Waals surface area contributed by atoms with Crippen LogP contribution in [0.4, 0.5) is 0 Å². The molecule has 0 unspecified atom stereocenters. The molecular formula is C9H17N3S. The van der Waals surface area contributed by atoms with Gasteiger partial charge in [-0.25, -0.2) is 4.98 Å². The topological polar surface area (TPSA) is 50.9 Å². The standard InChI is InChI=1S/C9H17N3S/c1-8-7-13-9(12-8)6-11-5-3-2-4-10/h7,11H,2-6,10H2,1H3. The van der Waals surface area contributed by atoms with E-state index in [9.17, 15) is 0 Å². The molecule has 0 aliphatic carbocycles. The number of hydrogen-bond acceptors (Lipinski definition) is 4. The fraction of sp³-hybridized carbons (Fsp3) is 0.667. The summed E-state index contributed by atoms with van der Waals surface area (Å²) < 4.78 is 0. The third-order valence-electron chi connectivity index (χ3n) is 1.75. The SMILES string of the molecule is Cc1csc(CNCCCCN)n1. The van der Waals surface area contributed by atoms with E-state index in [1.165, 1.54) is 5.01 Å². The van der Waals surface area contributed by atoms with Gasteiger partial charge in [0.15, 0.2) is 0 Å². The molecule has 0 bridgehead atoms. The van der Waals surface area contributed by atoms with E-state index in [1.54, 1.807) is 11.3 Å². The average Bonchev–Trinajstić information content (AvgIpc) is 2.51. The van der Waals surface area contributed by atoms with E-state index in [0.717, 1.165) is 38.2 Å². The normalized spacial score (nSPS) is 10.6. The van der Waals surface area contributed by atoms with E-state index in [1.807, 2.05) is 6.92 Å². The van der Waals surface area contributed by atoms with Gasteiger partial charge in [-0.2, -0.15) is 0 Å². The number of nitrogens with two attached hydrogens (primary N) is 1. The van der Waals surface area contributed by atoms with Crippen molar-refractivity contribution in [2.45, 2.75) is 26.3 Å². The number of rotatable bonds is 6. The fourth-order valence-corrected chi connectivity index (χ4v) is 1.81. The van der Waals surface area contributed by atoms with E-state index in [0.29, 0.717) is 0 Å². The molecule has 74 valence electrons. The van der Waals surface area contributed by atoms with Gasteiger partial charge in [0, 0.05) is 17.6 Å². The summed E-state index contributed by atoms with van der Waals surface area (Å²) in [5.41, 5.74) is 6.50. The smallest absolute Gasteiger partial charge is 0.107 e. The Morgan fingerprint density at radius 1 is 1.54 bits per heavy atom. The summed E-state index contributed by atoms with van der Waals surface area (Å²) >= 11 is 1.72. The number of hydrogen-bond donors (Lipinski definition) is 2. The first-order valence-corrected chi connectivity index (χ1v) is 5.52. The zero-order chi connectivity index (χ0) is 9.52. The molecule has 3 nitrogen and oxygen atoms in total. The number of thiazole rings is 1. The van der Waals surface area contributed by atoms with Crippen LogP contribution in [0.25, 0.3) is 0 Å². The molecule has 1 aromatic rings. The van der Waals surface area contributed by atoms with Gasteiger partial charge in [-0.05, 0) is 32.9 Å². The van der Waals surface area contributed by atoms with Crippen molar-refractivity contribution in [2.24, 2.45) is 5.73 Å². The second-order valence-electron chi connectivity index (χ2n) is 3.06. The first-order chi connectivity index (χ1) is 6.33. The van der Waals surface area contributed by atoms with E-state index in [2.05, 4.69) is 15.7 Å². The Bertz CT molecular complexity index is 235. The van der Waals surface area contributed by atoms with Crippen molar-refractivity contribution in [3.05, 3.63) is 16.1 Å². The molecular weight excluding hydrogens is 182 g/mol. The lowest BCUT2D eigenvalue weighted by Gasteiger charge is -2.00. The first-order valence-electron chi connectivity index (χ1n) is 4.64. The number of nitrogens with one attached hydrogen (secondary N) is 1. The maximum absolute atomic E-state index is 5.39. The van der Waals surface area contributed by atoms with Crippen LogP contribution in [0.1, 0.15) is 23.5 Å². The van der Waals surface area contributed by atoms with Gasteiger partial charge < -0.3 is 11.1 Å². The number of aryl methyl sites for hydroxylation is 1. The Kier molecular flexibility index (Phi) is 4.97. The summed E-state index contributed by atoms with van der Waals surface area (Å²) in [6.07, 6.45) is 2.25. The van der Waals surface area contributed by atoms with Crippen LogP contribution in [0.15, 0.2) is 5.38 Å². The summed E-state index contributed by atoms with van der Waals surface area (Å²) in [7, 11) is 0. The van der Waals surface area contributed by atoms with Crippen LogP contribution in [0, 0.1) is 6.92 Å². The highest BCUT2D eigenvalue weighted by Crippen LogP contribution is 2.07. The van der Waals surface area contributed by atoms with Gasteiger partial charge in [-0.3, -0.25) is 0 Å². The monoisotopic (exact) mass is 199 g/mol. The van der Waals surface area contributed by atoms with Gasteiger partial charge in [0.05, 0.1) is 0 Å². The zero-order valence-electron chi connectivity index (χ0n) is 8.05. The number of aromatic nitrogens is 1. The molecule has 0 saturated carbocycles. The van der Waals surface area contributed by atoms with Crippen LogP contribution < -0.4 is 11.1 Å². The van der Waals surface area contributed by atoms with Crippen molar-refractivity contribution >= 4 is 11.3 Å². The molecule has 1 heterocycles. The molecule has 0 saturated heterocycles. The Morgan fingerprint density at radius 2 is 2.38 bits per heavy atom. The Balaban J connectivity index is 2.06. The maximum Gasteiger partial charge on any atom is 0.107 e. The molecule has 0 amide bonds. The van der Waals surface area contributed by atoms with Crippen LogP contribution in [0.3, 0.4) is 0 Å². The van der Waals surface area contributed by atoms with E-state index in [4.69, 9.17) is 5.73 Å². The highest BCUT2D eigenvalue weighted by Gasteiger charge is 1.96. The molecule has 13 heavy (non-hydrogen) atoms. The summed E-state index contributed by atoms with van der Waals surface area (Å²) in [4.78, 5) is 4.36. The second kappa shape index (κ2) is 6.07. The molecule has 0 atom stereocenters. The van der Waals surface area contributed by atoms with Crippen LogP contribution in [0.5, 0.6) is 0 Å². The van der Waals surface area contributed by atoms with Gasteiger partial charge in [0.1, 0.15) is 5.01 Å². The Labute approximate surface area is 83.4 Å². The molecule has 1 rings (SSSR count). The molecule has 1 aromatic heterocycles. The predicted molar refractivity (Wildman–Crippen MR) is 56.8 cm³/mol. The molecule has 0 aromatic carbocycles. The van der Waals surface area contributed by atoms with E-state index >= 15 is 0 Å². The van der Waals surface area contributed by atoms with Crippen molar-refractivity contribution < 1.29 is 0 Å². The molecule has 0 aliphatic heterocycles. The quantitative estimate of drug-likeness (QED) is 0.679. The lowest BCUT2D eigenvalue weighted by molar-refractivity contribution is 0.625. The van der Waals surface area contributed by atoms with Crippen LogP contribution >= 0.6 is 11.3 Å². The third kappa shape index (κ3) is 4.36. The molecule has 0 fully saturated rings. The third-order valence-corrected chi connectivity index (χ3v) is 2.72. The molecule has 0 radical (unpaired) electrons. The maximum atomic E-state index is 5.39. The minimum atomic E-state index is 0.790.